The van der Waals surface area contributed by atoms with Gasteiger partial charge in [0.1, 0.15) is 22.2 Å². The van der Waals surface area contributed by atoms with Gasteiger partial charge in [0.15, 0.2) is 0 Å². The van der Waals surface area contributed by atoms with Gasteiger partial charge in [-0.05, 0) is 12.1 Å². The molecular formula is C10H8ClNO2. The van der Waals surface area contributed by atoms with E-state index in [4.69, 9.17) is 16.3 Å². The van der Waals surface area contributed by atoms with Crippen LogP contribution in [0.15, 0.2) is 24.3 Å². The smallest absolute Gasteiger partial charge is 0.142 e. The number of benzene rings is 1. The van der Waals surface area contributed by atoms with Crippen LogP contribution in [0.5, 0.6) is 11.5 Å². The molecule has 1 aromatic carbocycles. The standard InChI is InChI=1S/C10H8ClNO2/c1-14-8-5-9(11)12-10-6(8)3-2-4-7(10)13/h2-5,13H,1H3. The zero-order valence-electron chi connectivity index (χ0n) is 7.49. The molecule has 0 atom stereocenters. The third-order valence-electron chi connectivity index (χ3n) is 1.97. The Morgan fingerprint density at radius 2 is 2.21 bits per heavy atom. The molecule has 2 aromatic rings. The maximum absolute atomic E-state index is 9.54. The fraction of sp³-hybridized carbons (Fsp3) is 0.100. The van der Waals surface area contributed by atoms with Gasteiger partial charge in [-0.15, -0.1) is 0 Å². The van der Waals surface area contributed by atoms with Crippen molar-refractivity contribution in [3.8, 4) is 11.5 Å². The molecule has 0 amide bonds. The van der Waals surface area contributed by atoms with E-state index in [1.807, 2.05) is 6.07 Å². The van der Waals surface area contributed by atoms with Crippen molar-refractivity contribution < 1.29 is 9.84 Å². The van der Waals surface area contributed by atoms with Gasteiger partial charge in [-0.3, -0.25) is 0 Å². The highest BCUT2D eigenvalue weighted by molar-refractivity contribution is 6.30. The molecule has 1 heterocycles. The third-order valence-corrected chi connectivity index (χ3v) is 2.16. The molecule has 0 radical (unpaired) electrons. The molecule has 4 heteroatoms. The van der Waals surface area contributed by atoms with Crippen molar-refractivity contribution in [2.75, 3.05) is 7.11 Å². The molecule has 0 bridgehead atoms. The summed E-state index contributed by atoms with van der Waals surface area (Å²) >= 11 is 5.77. The SMILES string of the molecule is COc1cc(Cl)nc2c(O)cccc12. The first-order chi connectivity index (χ1) is 6.72. The van der Waals surface area contributed by atoms with Crippen LogP contribution >= 0.6 is 11.6 Å². The number of nitrogens with zero attached hydrogens (tertiary/aromatic N) is 1. The van der Waals surface area contributed by atoms with E-state index in [1.54, 1.807) is 25.3 Å². The number of hydrogen-bond acceptors (Lipinski definition) is 3. The molecule has 0 unspecified atom stereocenters. The van der Waals surface area contributed by atoms with E-state index >= 15 is 0 Å². The lowest BCUT2D eigenvalue weighted by atomic mass is 10.2. The molecular weight excluding hydrogens is 202 g/mol. The Labute approximate surface area is 85.9 Å². The van der Waals surface area contributed by atoms with Crippen molar-refractivity contribution in [3.05, 3.63) is 29.4 Å². The van der Waals surface area contributed by atoms with Gasteiger partial charge in [0.2, 0.25) is 0 Å². The van der Waals surface area contributed by atoms with Gasteiger partial charge >= 0.3 is 0 Å². The van der Waals surface area contributed by atoms with Crippen LogP contribution in [0.2, 0.25) is 5.15 Å². The highest BCUT2D eigenvalue weighted by Crippen LogP contribution is 2.31. The fourth-order valence-corrected chi connectivity index (χ4v) is 1.53. The molecule has 0 aliphatic carbocycles. The molecule has 0 aliphatic rings. The number of hydrogen-bond donors (Lipinski definition) is 1. The van der Waals surface area contributed by atoms with Crippen molar-refractivity contribution in [1.82, 2.24) is 4.98 Å². The van der Waals surface area contributed by atoms with Gasteiger partial charge in [0.25, 0.3) is 0 Å². The van der Waals surface area contributed by atoms with Gasteiger partial charge in [0.05, 0.1) is 7.11 Å². The lowest BCUT2D eigenvalue weighted by Gasteiger charge is -2.06. The van der Waals surface area contributed by atoms with Gasteiger partial charge in [0, 0.05) is 11.5 Å². The predicted molar refractivity (Wildman–Crippen MR) is 55.0 cm³/mol. The molecule has 1 aromatic heterocycles. The Morgan fingerprint density at radius 3 is 2.93 bits per heavy atom. The zero-order valence-corrected chi connectivity index (χ0v) is 8.25. The van der Waals surface area contributed by atoms with E-state index < -0.39 is 0 Å². The van der Waals surface area contributed by atoms with E-state index in [2.05, 4.69) is 4.98 Å². The summed E-state index contributed by atoms with van der Waals surface area (Å²) in [6.45, 7) is 0. The normalized spacial score (nSPS) is 10.4. The van der Waals surface area contributed by atoms with E-state index in [-0.39, 0.29) is 5.75 Å². The lowest BCUT2D eigenvalue weighted by Crippen LogP contribution is -1.88. The molecule has 3 nitrogen and oxygen atoms in total. The van der Waals surface area contributed by atoms with Gasteiger partial charge < -0.3 is 9.84 Å². The van der Waals surface area contributed by atoms with Crippen molar-refractivity contribution in [3.63, 3.8) is 0 Å². The molecule has 1 N–H and O–H groups in total. The van der Waals surface area contributed by atoms with Crippen LogP contribution in [-0.2, 0) is 0 Å². The fourth-order valence-electron chi connectivity index (χ4n) is 1.34. The number of halogens is 1. The van der Waals surface area contributed by atoms with Crippen LogP contribution in [0.4, 0.5) is 0 Å². The van der Waals surface area contributed by atoms with Crippen LogP contribution in [0, 0.1) is 0 Å². The number of methoxy groups -OCH3 is 1. The average Bonchev–Trinajstić information content (AvgIpc) is 2.18. The van der Waals surface area contributed by atoms with Crippen LogP contribution in [0.1, 0.15) is 0 Å². The average molecular weight is 210 g/mol. The maximum atomic E-state index is 9.54. The quantitative estimate of drug-likeness (QED) is 0.735. The van der Waals surface area contributed by atoms with Crippen molar-refractivity contribution in [2.45, 2.75) is 0 Å². The summed E-state index contributed by atoms with van der Waals surface area (Å²) in [6.07, 6.45) is 0. The van der Waals surface area contributed by atoms with E-state index in [0.717, 1.165) is 5.39 Å². The van der Waals surface area contributed by atoms with Crippen LogP contribution in [0.3, 0.4) is 0 Å². The van der Waals surface area contributed by atoms with E-state index in [1.165, 1.54) is 0 Å². The minimum Gasteiger partial charge on any atom is -0.506 e. The second-order valence-corrected chi connectivity index (χ2v) is 3.21. The molecule has 0 saturated carbocycles. The number of phenolic OH excluding ortho intramolecular Hbond substituents is 1. The van der Waals surface area contributed by atoms with E-state index in [9.17, 15) is 5.11 Å². The molecule has 0 aliphatic heterocycles. The van der Waals surface area contributed by atoms with Crippen molar-refractivity contribution in [1.29, 1.82) is 0 Å². The number of ether oxygens (including phenoxy) is 1. The molecule has 0 saturated heterocycles. The second kappa shape index (κ2) is 3.35. The topological polar surface area (TPSA) is 42.4 Å². The first-order valence-corrected chi connectivity index (χ1v) is 4.42. The van der Waals surface area contributed by atoms with Crippen molar-refractivity contribution in [2.24, 2.45) is 0 Å². The number of rotatable bonds is 1. The molecule has 0 spiro atoms. The number of para-hydroxylation sites is 1. The summed E-state index contributed by atoms with van der Waals surface area (Å²) in [6, 6.07) is 6.72. The largest absolute Gasteiger partial charge is 0.506 e. The Hall–Kier alpha value is -1.48. The number of pyridine rings is 1. The monoisotopic (exact) mass is 209 g/mol. The molecule has 72 valence electrons. The van der Waals surface area contributed by atoms with Gasteiger partial charge in [-0.1, -0.05) is 17.7 Å². The summed E-state index contributed by atoms with van der Waals surface area (Å²) in [5.41, 5.74) is 0.455. The molecule has 14 heavy (non-hydrogen) atoms. The number of phenols is 1. The predicted octanol–water partition coefficient (Wildman–Crippen LogP) is 2.60. The maximum Gasteiger partial charge on any atom is 0.142 e. The first-order valence-electron chi connectivity index (χ1n) is 4.04. The van der Waals surface area contributed by atoms with E-state index in [0.29, 0.717) is 16.4 Å². The zero-order chi connectivity index (χ0) is 10.1. The summed E-state index contributed by atoms with van der Waals surface area (Å²) in [7, 11) is 1.55. The van der Waals surface area contributed by atoms with Gasteiger partial charge in [-0.25, -0.2) is 4.98 Å². The molecule has 2 rings (SSSR count). The second-order valence-electron chi connectivity index (χ2n) is 2.82. The highest BCUT2D eigenvalue weighted by atomic mass is 35.5. The Balaban J connectivity index is 2.87. The van der Waals surface area contributed by atoms with Crippen LogP contribution in [0.25, 0.3) is 10.9 Å². The minimum absolute atomic E-state index is 0.100. The Bertz CT molecular complexity index is 485. The molecule has 0 fully saturated rings. The number of aromatic hydroxyl groups is 1. The third kappa shape index (κ3) is 1.36. The summed E-state index contributed by atoms with van der Waals surface area (Å²) in [5.74, 6) is 0.708. The van der Waals surface area contributed by atoms with Crippen molar-refractivity contribution >= 4 is 22.5 Å². The van der Waals surface area contributed by atoms with Crippen LogP contribution < -0.4 is 4.74 Å². The number of aromatic nitrogens is 1. The highest BCUT2D eigenvalue weighted by Gasteiger charge is 2.07. The summed E-state index contributed by atoms with van der Waals surface area (Å²) < 4.78 is 5.13. The van der Waals surface area contributed by atoms with Gasteiger partial charge in [-0.2, -0.15) is 0 Å². The van der Waals surface area contributed by atoms with Crippen LogP contribution in [-0.4, -0.2) is 17.2 Å². The summed E-state index contributed by atoms with van der Waals surface area (Å²) in [5, 5.41) is 10.6. The Kier molecular flexibility index (Phi) is 2.17. The Morgan fingerprint density at radius 1 is 1.43 bits per heavy atom. The summed E-state index contributed by atoms with van der Waals surface area (Å²) in [4.78, 5) is 4.02. The number of fused-ring (bicyclic) bond motifs is 1. The first kappa shape index (κ1) is 9.09. The minimum atomic E-state index is 0.100. The lowest BCUT2D eigenvalue weighted by molar-refractivity contribution is 0.419.